The van der Waals surface area contributed by atoms with E-state index in [4.69, 9.17) is 5.11 Å². The molecule has 0 radical (unpaired) electrons. The highest BCUT2D eigenvalue weighted by Gasteiger charge is 2.30. The topological polar surface area (TPSA) is 57.5 Å². The SMILES string of the molecule is O=C(O)c1cc(Br)c(O)c(-c2cccc(C(F)(F)F)c2)c1. The molecule has 0 bridgehead atoms. The Bertz CT molecular complexity index is 711. The Labute approximate surface area is 125 Å². The summed E-state index contributed by atoms with van der Waals surface area (Å²) in [5, 5.41) is 18.9. The molecule has 0 saturated carbocycles. The van der Waals surface area contributed by atoms with E-state index in [1.165, 1.54) is 18.2 Å². The van der Waals surface area contributed by atoms with Gasteiger partial charge in [-0.05, 0) is 45.8 Å². The van der Waals surface area contributed by atoms with Gasteiger partial charge in [0.15, 0.2) is 0 Å². The molecule has 0 unspecified atom stereocenters. The molecule has 2 aromatic rings. The zero-order chi connectivity index (χ0) is 15.8. The van der Waals surface area contributed by atoms with Crippen LogP contribution >= 0.6 is 15.9 Å². The zero-order valence-corrected chi connectivity index (χ0v) is 11.9. The first kappa shape index (κ1) is 15.4. The Morgan fingerprint density at radius 1 is 1.14 bits per heavy atom. The number of carbonyl (C=O) groups is 1. The molecule has 0 heterocycles. The molecule has 0 spiro atoms. The van der Waals surface area contributed by atoms with Crippen molar-refractivity contribution in [1.82, 2.24) is 0 Å². The molecular formula is C14H8BrF3O3. The van der Waals surface area contributed by atoms with Gasteiger partial charge in [-0.1, -0.05) is 12.1 Å². The van der Waals surface area contributed by atoms with Crippen LogP contribution in [0.1, 0.15) is 15.9 Å². The number of hydrogen-bond donors (Lipinski definition) is 2. The van der Waals surface area contributed by atoms with Gasteiger partial charge < -0.3 is 10.2 Å². The van der Waals surface area contributed by atoms with Crippen LogP contribution in [-0.2, 0) is 6.18 Å². The first-order chi connectivity index (χ1) is 9.70. The maximum absolute atomic E-state index is 12.7. The molecule has 0 fully saturated rings. The highest BCUT2D eigenvalue weighted by molar-refractivity contribution is 9.10. The van der Waals surface area contributed by atoms with Crippen LogP contribution in [0.5, 0.6) is 5.75 Å². The van der Waals surface area contributed by atoms with Gasteiger partial charge in [-0.3, -0.25) is 0 Å². The summed E-state index contributed by atoms with van der Waals surface area (Å²) in [5.74, 6) is -1.57. The van der Waals surface area contributed by atoms with Crippen LogP contribution in [0.2, 0.25) is 0 Å². The molecule has 2 N–H and O–H groups in total. The Hall–Kier alpha value is -2.02. The van der Waals surface area contributed by atoms with E-state index in [0.29, 0.717) is 0 Å². The molecular weight excluding hydrogens is 353 g/mol. The molecule has 0 aliphatic heterocycles. The highest BCUT2D eigenvalue weighted by Crippen LogP contribution is 2.39. The van der Waals surface area contributed by atoms with Crippen LogP contribution in [0, 0.1) is 0 Å². The summed E-state index contributed by atoms with van der Waals surface area (Å²) >= 11 is 2.98. The van der Waals surface area contributed by atoms with Crippen molar-refractivity contribution in [2.24, 2.45) is 0 Å². The molecule has 0 aliphatic rings. The van der Waals surface area contributed by atoms with E-state index >= 15 is 0 Å². The number of aromatic carboxylic acids is 1. The molecule has 0 aliphatic carbocycles. The maximum atomic E-state index is 12.7. The van der Waals surface area contributed by atoms with Crippen molar-refractivity contribution in [3.63, 3.8) is 0 Å². The number of alkyl halides is 3. The smallest absolute Gasteiger partial charge is 0.416 e. The molecule has 21 heavy (non-hydrogen) atoms. The van der Waals surface area contributed by atoms with Gasteiger partial charge in [0.2, 0.25) is 0 Å². The van der Waals surface area contributed by atoms with Gasteiger partial charge in [-0.15, -0.1) is 0 Å². The third-order valence-electron chi connectivity index (χ3n) is 2.81. The predicted octanol–water partition coefficient (Wildman–Crippen LogP) is 4.54. The summed E-state index contributed by atoms with van der Waals surface area (Å²) in [6, 6.07) is 6.61. The fourth-order valence-electron chi connectivity index (χ4n) is 1.81. The van der Waals surface area contributed by atoms with Crippen molar-refractivity contribution in [3.05, 3.63) is 52.0 Å². The van der Waals surface area contributed by atoms with E-state index in [1.807, 2.05) is 0 Å². The van der Waals surface area contributed by atoms with Gasteiger partial charge >= 0.3 is 12.1 Å². The lowest BCUT2D eigenvalue weighted by atomic mass is 10.00. The lowest BCUT2D eigenvalue weighted by molar-refractivity contribution is -0.137. The van der Waals surface area contributed by atoms with Gasteiger partial charge in [0.1, 0.15) is 5.75 Å². The van der Waals surface area contributed by atoms with Gasteiger partial charge in [-0.25, -0.2) is 4.79 Å². The minimum absolute atomic E-state index is 0.00729. The maximum Gasteiger partial charge on any atom is 0.416 e. The molecule has 110 valence electrons. The molecule has 2 rings (SSSR count). The number of hydrogen-bond acceptors (Lipinski definition) is 2. The van der Waals surface area contributed by atoms with Crippen LogP contribution in [-0.4, -0.2) is 16.2 Å². The number of phenols is 1. The minimum atomic E-state index is -4.52. The Morgan fingerprint density at radius 2 is 1.81 bits per heavy atom. The number of phenolic OH excluding ortho intramolecular Hbond substituents is 1. The normalized spacial score (nSPS) is 11.4. The third kappa shape index (κ3) is 3.18. The Morgan fingerprint density at radius 3 is 2.38 bits per heavy atom. The highest BCUT2D eigenvalue weighted by atomic mass is 79.9. The first-order valence-electron chi connectivity index (χ1n) is 5.63. The van der Waals surface area contributed by atoms with Crippen LogP contribution in [0.4, 0.5) is 13.2 Å². The summed E-state index contributed by atoms with van der Waals surface area (Å²) in [4.78, 5) is 11.0. The fourth-order valence-corrected chi connectivity index (χ4v) is 2.27. The second-order valence-corrected chi connectivity index (χ2v) is 5.09. The van der Waals surface area contributed by atoms with E-state index in [1.54, 1.807) is 0 Å². The minimum Gasteiger partial charge on any atom is -0.506 e. The quantitative estimate of drug-likeness (QED) is 0.826. The summed E-state index contributed by atoms with van der Waals surface area (Å²) in [5.41, 5.74) is -0.942. The van der Waals surface area contributed by atoms with E-state index in [0.717, 1.165) is 18.2 Å². The molecule has 7 heteroatoms. The monoisotopic (exact) mass is 360 g/mol. The Kier molecular flexibility index (Phi) is 3.95. The first-order valence-corrected chi connectivity index (χ1v) is 6.43. The summed E-state index contributed by atoms with van der Waals surface area (Å²) in [6.07, 6.45) is -4.52. The molecule has 0 saturated heterocycles. The van der Waals surface area contributed by atoms with Crippen molar-refractivity contribution in [2.75, 3.05) is 0 Å². The number of benzene rings is 2. The average Bonchev–Trinajstić information content (AvgIpc) is 2.40. The number of aromatic hydroxyl groups is 1. The van der Waals surface area contributed by atoms with Gasteiger partial charge in [0, 0.05) is 5.56 Å². The average molecular weight is 361 g/mol. The molecule has 0 atom stereocenters. The van der Waals surface area contributed by atoms with Crippen molar-refractivity contribution in [2.45, 2.75) is 6.18 Å². The number of rotatable bonds is 2. The number of carboxylic acid groups (broad SMARTS) is 1. The van der Waals surface area contributed by atoms with E-state index < -0.39 is 17.7 Å². The van der Waals surface area contributed by atoms with Crippen molar-refractivity contribution in [3.8, 4) is 16.9 Å². The van der Waals surface area contributed by atoms with Crippen LogP contribution in [0.15, 0.2) is 40.9 Å². The van der Waals surface area contributed by atoms with Gasteiger partial charge in [0.05, 0.1) is 15.6 Å². The van der Waals surface area contributed by atoms with E-state index in [9.17, 15) is 23.1 Å². The second-order valence-electron chi connectivity index (χ2n) is 4.24. The lowest BCUT2D eigenvalue weighted by Crippen LogP contribution is -2.04. The second kappa shape index (κ2) is 5.40. The fraction of sp³-hybridized carbons (Fsp3) is 0.0714. The van der Waals surface area contributed by atoms with Crippen LogP contribution in [0.25, 0.3) is 11.1 Å². The van der Waals surface area contributed by atoms with E-state index in [2.05, 4.69) is 15.9 Å². The molecule has 0 amide bonds. The largest absolute Gasteiger partial charge is 0.506 e. The number of carboxylic acids is 1. The summed E-state index contributed by atoms with van der Waals surface area (Å²) in [6.45, 7) is 0. The molecule has 2 aromatic carbocycles. The summed E-state index contributed by atoms with van der Waals surface area (Å²) < 4.78 is 38.2. The Balaban J connectivity index is 2.64. The van der Waals surface area contributed by atoms with Gasteiger partial charge in [-0.2, -0.15) is 13.2 Å². The lowest BCUT2D eigenvalue weighted by Gasteiger charge is -2.11. The standard InChI is InChI=1S/C14H8BrF3O3/c15-11-6-8(13(20)21)5-10(12(11)19)7-2-1-3-9(4-7)14(16,17)18/h1-6,19H,(H,20,21). The van der Waals surface area contributed by atoms with Crippen LogP contribution in [0.3, 0.4) is 0 Å². The van der Waals surface area contributed by atoms with Crippen molar-refractivity contribution < 1.29 is 28.2 Å². The van der Waals surface area contributed by atoms with Gasteiger partial charge in [0.25, 0.3) is 0 Å². The van der Waals surface area contributed by atoms with Crippen molar-refractivity contribution >= 4 is 21.9 Å². The molecule has 0 aromatic heterocycles. The third-order valence-corrected chi connectivity index (χ3v) is 3.42. The van der Waals surface area contributed by atoms with E-state index in [-0.39, 0.29) is 26.9 Å². The summed E-state index contributed by atoms with van der Waals surface area (Å²) in [7, 11) is 0. The van der Waals surface area contributed by atoms with Crippen LogP contribution < -0.4 is 0 Å². The zero-order valence-electron chi connectivity index (χ0n) is 10.3. The molecule has 3 nitrogen and oxygen atoms in total. The van der Waals surface area contributed by atoms with Crippen molar-refractivity contribution in [1.29, 1.82) is 0 Å². The number of halogens is 4. The predicted molar refractivity (Wildman–Crippen MR) is 73.2 cm³/mol.